The summed E-state index contributed by atoms with van der Waals surface area (Å²) in [4.78, 5) is 32.6. The molecule has 0 bridgehead atoms. The average Bonchev–Trinajstić information content (AvgIpc) is 3.30. The Kier molecular flexibility index (Phi) is 4.44. The number of hydrogen-bond donors (Lipinski definition) is 0. The molecule has 2 saturated heterocycles. The molecule has 4 rings (SSSR count). The number of aryl methyl sites for hydroxylation is 1. The van der Waals surface area contributed by atoms with Crippen molar-refractivity contribution in [3.63, 3.8) is 0 Å². The number of nitrogens with zero attached hydrogens (tertiary/aromatic N) is 4. The minimum absolute atomic E-state index is 0.00485. The highest BCUT2D eigenvalue weighted by atomic mass is 16.5. The average molecular weight is 354 g/mol. The Morgan fingerprint density at radius 1 is 1.19 bits per heavy atom. The van der Waals surface area contributed by atoms with Crippen molar-refractivity contribution in [2.45, 2.75) is 38.5 Å². The van der Waals surface area contributed by atoms with Gasteiger partial charge in [-0.1, -0.05) is 5.16 Å². The van der Waals surface area contributed by atoms with E-state index in [0.717, 1.165) is 38.0 Å². The van der Waals surface area contributed by atoms with E-state index < -0.39 is 0 Å². The smallest absolute Gasteiger partial charge is 0.253 e. The second-order valence-electron chi connectivity index (χ2n) is 6.97. The third-order valence-electron chi connectivity index (χ3n) is 5.10. The van der Waals surface area contributed by atoms with Crippen molar-refractivity contribution in [1.29, 1.82) is 0 Å². The van der Waals surface area contributed by atoms with Crippen molar-refractivity contribution in [2.75, 3.05) is 24.5 Å². The summed E-state index contributed by atoms with van der Waals surface area (Å²) in [6, 6.07) is 7.34. The Balaban J connectivity index is 1.45. The molecule has 7 nitrogen and oxygen atoms in total. The van der Waals surface area contributed by atoms with Crippen molar-refractivity contribution >= 4 is 17.5 Å². The summed E-state index contributed by atoms with van der Waals surface area (Å²) in [5.41, 5.74) is 1.50. The molecule has 2 aliphatic rings. The molecule has 7 heteroatoms. The van der Waals surface area contributed by atoms with Crippen molar-refractivity contribution < 1.29 is 14.1 Å². The van der Waals surface area contributed by atoms with Gasteiger partial charge in [-0.15, -0.1) is 0 Å². The Labute approximate surface area is 152 Å². The van der Waals surface area contributed by atoms with E-state index in [4.69, 9.17) is 4.52 Å². The summed E-state index contributed by atoms with van der Waals surface area (Å²) >= 11 is 0. The standard InChI is InChI=1S/C19H22N4O3/c1-13-20-18(26-21-13)15-4-2-10-22(12-15)19(25)14-6-8-16(9-7-14)23-11-3-5-17(23)24/h6-9,15H,2-5,10-12H2,1H3. The van der Waals surface area contributed by atoms with E-state index in [1.54, 1.807) is 11.8 Å². The van der Waals surface area contributed by atoms with Gasteiger partial charge in [0, 0.05) is 37.3 Å². The molecule has 1 unspecified atom stereocenters. The maximum Gasteiger partial charge on any atom is 0.253 e. The SMILES string of the molecule is Cc1noc(C2CCCN(C(=O)c3ccc(N4CCCC4=O)cc3)C2)n1. The van der Waals surface area contributed by atoms with E-state index in [1.165, 1.54) is 0 Å². The van der Waals surface area contributed by atoms with Crippen LogP contribution in [-0.4, -0.2) is 46.5 Å². The lowest BCUT2D eigenvalue weighted by Crippen LogP contribution is -2.39. The van der Waals surface area contributed by atoms with Gasteiger partial charge >= 0.3 is 0 Å². The van der Waals surface area contributed by atoms with Crippen LogP contribution in [0.3, 0.4) is 0 Å². The fraction of sp³-hybridized carbons (Fsp3) is 0.474. The summed E-state index contributed by atoms with van der Waals surface area (Å²) in [6.45, 7) is 3.87. The van der Waals surface area contributed by atoms with Crippen molar-refractivity contribution in [3.05, 3.63) is 41.5 Å². The molecule has 1 aromatic carbocycles. The predicted octanol–water partition coefficient (Wildman–Crippen LogP) is 2.52. The van der Waals surface area contributed by atoms with Crippen LogP contribution in [0.5, 0.6) is 0 Å². The van der Waals surface area contributed by atoms with Gasteiger partial charge in [0.15, 0.2) is 5.82 Å². The number of likely N-dealkylation sites (tertiary alicyclic amines) is 1. The number of rotatable bonds is 3. The highest BCUT2D eigenvalue weighted by Gasteiger charge is 2.29. The fourth-order valence-corrected chi connectivity index (χ4v) is 3.73. The number of hydrogen-bond acceptors (Lipinski definition) is 5. The zero-order valence-electron chi connectivity index (χ0n) is 14.9. The zero-order valence-corrected chi connectivity index (χ0v) is 14.9. The Hall–Kier alpha value is -2.70. The lowest BCUT2D eigenvalue weighted by molar-refractivity contribution is -0.117. The molecule has 0 spiro atoms. The molecule has 2 aromatic rings. The topological polar surface area (TPSA) is 79.5 Å². The van der Waals surface area contributed by atoms with E-state index >= 15 is 0 Å². The summed E-state index contributed by atoms with van der Waals surface area (Å²) in [6.07, 6.45) is 3.36. The molecule has 2 amide bonds. The van der Waals surface area contributed by atoms with Crippen LogP contribution in [-0.2, 0) is 4.79 Å². The molecule has 3 heterocycles. The van der Waals surface area contributed by atoms with Crippen LogP contribution in [0, 0.1) is 6.92 Å². The van der Waals surface area contributed by atoms with Gasteiger partial charge in [-0.3, -0.25) is 9.59 Å². The molecule has 0 saturated carbocycles. The third kappa shape index (κ3) is 3.21. The van der Waals surface area contributed by atoms with Gasteiger partial charge in [0.25, 0.3) is 5.91 Å². The Bertz CT molecular complexity index is 814. The van der Waals surface area contributed by atoms with Gasteiger partial charge in [-0.2, -0.15) is 4.98 Å². The minimum Gasteiger partial charge on any atom is -0.339 e. The number of aromatic nitrogens is 2. The van der Waals surface area contributed by atoms with Gasteiger partial charge in [0.1, 0.15) is 0 Å². The highest BCUT2D eigenvalue weighted by molar-refractivity contribution is 5.97. The Morgan fingerprint density at radius 2 is 2.00 bits per heavy atom. The number of benzene rings is 1. The third-order valence-corrected chi connectivity index (χ3v) is 5.10. The molecular weight excluding hydrogens is 332 g/mol. The van der Waals surface area contributed by atoms with E-state index in [1.807, 2.05) is 29.2 Å². The van der Waals surface area contributed by atoms with Crippen LogP contribution >= 0.6 is 0 Å². The molecule has 136 valence electrons. The zero-order chi connectivity index (χ0) is 18.1. The fourth-order valence-electron chi connectivity index (χ4n) is 3.73. The lowest BCUT2D eigenvalue weighted by Gasteiger charge is -2.31. The van der Waals surface area contributed by atoms with Gasteiger partial charge in [0.05, 0.1) is 5.92 Å². The maximum absolute atomic E-state index is 12.9. The molecule has 1 atom stereocenters. The largest absolute Gasteiger partial charge is 0.339 e. The number of piperidine rings is 1. The van der Waals surface area contributed by atoms with Crippen LogP contribution in [0.1, 0.15) is 53.7 Å². The maximum atomic E-state index is 12.9. The van der Waals surface area contributed by atoms with Crippen molar-refractivity contribution in [2.24, 2.45) is 0 Å². The second kappa shape index (κ2) is 6.90. The first-order chi connectivity index (χ1) is 12.6. The van der Waals surface area contributed by atoms with E-state index in [-0.39, 0.29) is 17.7 Å². The van der Waals surface area contributed by atoms with Crippen molar-refractivity contribution in [1.82, 2.24) is 15.0 Å². The molecular formula is C19H22N4O3. The molecule has 26 heavy (non-hydrogen) atoms. The van der Waals surface area contributed by atoms with Crippen LogP contribution in [0.25, 0.3) is 0 Å². The molecule has 2 aliphatic heterocycles. The first-order valence-corrected chi connectivity index (χ1v) is 9.12. The highest BCUT2D eigenvalue weighted by Crippen LogP contribution is 2.27. The van der Waals surface area contributed by atoms with E-state index in [2.05, 4.69) is 10.1 Å². The second-order valence-corrected chi connectivity index (χ2v) is 6.97. The summed E-state index contributed by atoms with van der Waals surface area (Å²) in [5.74, 6) is 1.48. The summed E-state index contributed by atoms with van der Waals surface area (Å²) in [5, 5.41) is 3.85. The van der Waals surface area contributed by atoms with Crippen LogP contribution < -0.4 is 4.90 Å². The summed E-state index contributed by atoms with van der Waals surface area (Å²) in [7, 11) is 0. The number of anilines is 1. The first-order valence-electron chi connectivity index (χ1n) is 9.12. The van der Waals surface area contributed by atoms with Crippen LogP contribution in [0.2, 0.25) is 0 Å². The van der Waals surface area contributed by atoms with Crippen molar-refractivity contribution in [3.8, 4) is 0 Å². The number of carbonyl (C=O) groups excluding carboxylic acids is 2. The Morgan fingerprint density at radius 3 is 2.65 bits per heavy atom. The molecule has 2 fully saturated rings. The van der Waals surface area contributed by atoms with Gasteiger partial charge in [-0.25, -0.2) is 0 Å². The van der Waals surface area contributed by atoms with Crippen LogP contribution in [0.15, 0.2) is 28.8 Å². The van der Waals surface area contributed by atoms with Crippen LogP contribution in [0.4, 0.5) is 5.69 Å². The summed E-state index contributed by atoms with van der Waals surface area (Å²) < 4.78 is 5.28. The van der Waals surface area contributed by atoms with Gasteiger partial charge < -0.3 is 14.3 Å². The number of amides is 2. The quantitative estimate of drug-likeness (QED) is 0.846. The lowest BCUT2D eigenvalue weighted by atomic mass is 9.97. The predicted molar refractivity (Wildman–Crippen MR) is 94.9 cm³/mol. The molecule has 0 aliphatic carbocycles. The van der Waals surface area contributed by atoms with E-state index in [9.17, 15) is 9.59 Å². The molecule has 0 N–H and O–H groups in total. The van der Waals surface area contributed by atoms with Gasteiger partial charge in [0.2, 0.25) is 11.8 Å². The van der Waals surface area contributed by atoms with Gasteiger partial charge in [-0.05, 0) is 50.5 Å². The molecule has 0 radical (unpaired) electrons. The monoisotopic (exact) mass is 354 g/mol. The number of carbonyl (C=O) groups is 2. The normalized spacial score (nSPS) is 20.7. The first kappa shape index (κ1) is 16.8. The molecule has 1 aromatic heterocycles. The van der Waals surface area contributed by atoms with E-state index in [0.29, 0.717) is 30.2 Å². The minimum atomic E-state index is 0.00485.